The summed E-state index contributed by atoms with van der Waals surface area (Å²) in [5.74, 6) is -12.8. The van der Waals surface area contributed by atoms with E-state index in [4.69, 9.17) is 24.7 Å². The highest BCUT2D eigenvalue weighted by molar-refractivity contribution is 7.99. The molecule has 0 spiro atoms. The Balaban J connectivity index is 1.53. The van der Waals surface area contributed by atoms with Gasteiger partial charge >= 0.3 is 11.9 Å². The molecule has 0 saturated carbocycles. The second-order valence-electron chi connectivity index (χ2n) is 30.9. The molecule has 0 aliphatic heterocycles. The molecule has 12 amide bonds. The molecule has 5 rings (SSSR count). The number of nitrogens with two attached hydrogens (primary N) is 1. The molecule has 0 bridgehead atoms. The van der Waals surface area contributed by atoms with Gasteiger partial charge in [0.1, 0.15) is 84.3 Å². The molecule has 0 aromatic heterocycles. The van der Waals surface area contributed by atoms with E-state index in [2.05, 4.69) is 0 Å². The molecule has 0 heterocycles. The van der Waals surface area contributed by atoms with Crippen molar-refractivity contribution in [1.29, 1.82) is 0 Å². The maximum atomic E-state index is 15.9. The fourth-order valence-electron chi connectivity index (χ4n) is 14.4. The van der Waals surface area contributed by atoms with Crippen molar-refractivity contribution in [3.8, 4) is 0 Å². The summed E-state index contributed by atoms with van der Waals surface area (Å²) in [5.41, 5.74) is 9.44. The molecule has 0 fully saturated rings. The average molecular weight is 1760 g/mol. The van der Waals surface area contributed by atoms with Crippen LogP contribution in [0.2, 0.25) is 0 Å². The van der Waals surface area contributed by atoms with E-state index in [9.17, 15) is 48.6 Å². The van der Waals surface area contributed by atoms with Gasteiger partial charge in [-0.15, -0.1) is 0 Å². The van der Waals surface area contributed by atoms with Crippen LogP contribution in [0.1, 0.15) is 127 Å². The molecule has 9 unspecified atom stereocenters. The van der Waals surface area contributed by atoms with Crippen LogP contribution in [-0.4, -0.2) is 353 Å². The van der Waals surface area contributed by atoms with Crippen LogP contribution in [0, 0.1) is 0 Å². The van der Waals surface area contributed by atoms with E-state index in [1.807, 2.05) is 55.5 Å². The lowest BCUT2D eigenvalue weighted by molar-refractivity contribution is -0.154. The number of rotatable bonds is 54. The van der Waals surface area contributed by atoms with Crippen LogP contribution < -0.4 is 5.73 Å². The number of Topliss-reactive ketones (excluding diaryl/α,β-unsaturated/α-hetero) is 1. The quantitative estimate of drug-likeness (QED) is 0.0463. The standard InChI is InChI=1S/C90H125N13O21S/c1-62(57-121-11)95(46-78(106)93(43-66(5)104)55-89(117)118)82(110)49-97(64(3)59-123-13)80(108)45-94(56-90(119)120)79(107)47-96(63(2)58-122-12)83(111)50-98(65(4)60-124-14)84(112)51-101(69(8)74-35-25-18-26-36-74)86(114)53-102(70(9)75-37-27-19-28-38-75)85(113)52-100(68(7)73-33-23-17-24-34-73)81(109)44-92(42-41-91)77(105)48-99(67(6)72-31-21-16-22-32-72)87(115)54-103(88(116)61-125-15)71(10)76-39-29-20-30-40-76/h16-40,62-65,67-71H,41-61,91H2,1-15H3,(H,117,118)(H,119,120). The highest BCUT2D eigenvalue weighted by Gasteiger charge is 2.40. The van der Waals surface area contributed by atoms with Gasteiger partial charge in [0.15, 0.2) is 0 Å². The van der Waals surface area contributed by atoms with Gasteiger partial charge in [0.25, 0.3) is 0 Å². The molecule has 4 N–H and O–H groups in total. The van der Waals surface area contributed by atoms with Crippen molar-refractivity contribution < 1.29 is 101 Å². The van der Waals surface area contributed by atoms with Crippen LogP contribution in [0.25, 0.3) is 0 Å². The smallest absolute Gasteiger partial charge is 0.323 e. The van der Waals surface area contributed by atoms with E-state index >= 15 is 33.6 Å². The zero-order valence-corrected chi connectivity index (χ0v) is 75.3. The van der Waals surface area contributed by atoms with Crippen LogP contribution in [0.15, 0.2) is 152 Å². The van der Waals surface area contributed by atoms with Crippen LogP contribution >= 0.6 is 11.8 Å². The van der Waals surface area contributed by atoms with E-state index < -0.39 is 229 Å². The van der Waals surface area contributed by atoms with E-state index in [1.54, 1.807) is 144 Å². The highest BCUT2D eigenvalue weighted by Crippen LogP contribution is 2.30. The maximum Gasteiger partial charge on any atom is 0.323 e. The summed E-state index contributed by atoms with van der Waals surface area (Å²) < 4.78 is 21.7. The maximum absolute atomic E-state index is 15.9. The molecule has 5 aromatic carbocycles. The Labute approximate surface area is 737 Å². The Morgan fingerprint density at radius 3 is 0.728 bits per heavy atom. The molecule has 0 aliphatic rings. The van der Waals surface area contributed by atoms with Gasteiger partial charge in [-0.25, -0.2) is 0 Å². The van der Waals surface area contributed by atoms with Crippen molar-refractivity contribution in [1.82, 2.24) is 58.8 Å². The molecule has 35 heteroatoms. The summed E-state index contributed by atoms with van der Waals surface area (Å²) in [4.78, 5) is 230. The van der Waals surface area contributed by atoms with Gasteiger partial charge in [0, 0.05) is 41.5 Å². The third kappa shape index (κ3) is 32.2. The summed E-state index contributed by atoms with van der Waals surface area (Å²) >= 11 is 1.30. The van der Waals surface area contributed by atoms with Gasteiger partial charge in [-0.3, -0.25) is 71.9 Å². The molecule has 682 valence electrons. The minimum Gasteiger partial charge on any atom is -0.480 e. The first-order valence-electron chi connectivity index (χ1n) is 41.3. The highest BCUT2D eigenvalue weighted by atomic mass is 32.2. The molecule has 34 nitrogen and oxygen atoms in total. The lowest BCUT2D eigenvalue weighted by Gasteiger charge is -2.38. The average Bonchev–Trinajstić information content (AvgIpc) is 0.817. The zero-order valence-electron chi connectivity index (χ0n) is 74.5. The molecule has 9 atom stereocenters. The van der Waals surface area contributed by atoms with Crippen molar-refractivity contribution in [2.24, 2.45) is 5.73 Å². The Hall–Kier alpha value is -11.5. The number of ether oxygens (including phenoxy) is 4. The number of carbonyl (C=O) groups excluding carboxylic acids is 13. The largest absolute Gasteiger partial charge is 0.480 e. The lowest BCUT2D eigenvalue weighted by atomic mass is 10.0. The number of thioether (sulfide) groups is 1. The van der Waals surface area contributed by atoms with Gasteiger partial charge in [-0.1, -0.05) is 152 Å². The number of carboxylic acids is 2. The molecule has 5 aromatic rings. The van der Waals surface area contributed by atoms with Crippen molar-refractivity contribution in [2.45, 2.75) is 124 Å². The monoisotopic (exact) mass is 1760 g/mol. The second kappa shape index (κ2) is 53.0. The first-order chi connectivity index (χ1) is 59.5. The lowest BCUT2D eigenvalue weighted by Crippen LogP contribution is -2.57. The number of aliphatic carboxylic acids is 2. The van der Waals surface area contributed by atoms with Gasteiger partial charge < -0.3 is 93.7 Å². The predicted molar refractivity (Wildman–Crippen MR) is 468 cm³/mol. The van der Waals surface area contributed by atoms with E-state index in [-0.39, 0.29) is 51.2 Å². The van der Waals surface area contributed by atoms with Crippen LogP contribution in [0.3, 0.4) is 0 Å². The Kier molecular flexibility index (Phi) is 44.1. The van der Waals surface area contributed by atoms with Crippen LogP contribution in [0.5, 0.6) is 0 Å². The van der Waals surface area contributed by atoms with Crippen molar-refractivity contribution >= 4 is 100 Å². The third-order valence-electron chi connectivity index (χ3n) is 21.6. The Bertz CT molecular complexity index is 4340. The molecule has 0 aliphatic carbocycles. The topological polar surface area (TPSA) is 398 Å². The molecule has 0 saturated heterocycles. The van der Waals surface area contributed by atoms with Gasteiger partial charge in [-0.2, -0.15) is 11.8 Å². The first kappa shape index (κ1) is 104. The van der Waals surface area contributed by atoms with E-state index in [1.165, 1.54) is 90.4 Å². The van der Waals surface area contributed by atoms with Crippen molar-refractivity contribution in [3.63, 3.8) is 0 Å². The minimum atomic E-state index is -1.58. The van der Waals surface area contributed by atoms with Crippen LogP contribution in [-0.2, 0) is 90.9 Å². The summed E-state index contributed by atoms with van der Waals surface area (Å²) in [6, 6.07) is 36.8. The van der Waals surface area contributed by atoms with E-state index in [0.717, 1.165) is 37.0 Å². The number of hydrogen-bond donors (Lipinski definition) is 3. The fraction of sp³-hybridized carbons (Fsp3) is 0.500. The summed E-state index contributed by atoms with van der Waals surface area (Å²) in [5, 5.41) is 19.9. The fourth-order valence-corrected chi connectivity index (χ4v) is 14.8. The minimum absolute atomic E-state index is 0.0762. The van der Waals surface area contributed by atoms with Gasteiger partial charge in [0.2, 0.25) is 70.9 Å². The molecule has 125 heavy (non-hydrogen) atoms. The number of ketones is 1. The molecular weight excluding hydrogens is 1630 g/mol. The van der Waals surface area contributed by atoms with Crippen molar-refractivity contribution in [2.75, 3.05) is 172 Å². The predicted octanol–water partition coefficient (Wildman–Crippen LogP) is 4.96. The normalized spacial score (nSPS) is 13.2. The second-order valence-corrected chi connectivity index (χ2v) is 31.7. The Morgan fingerprint density at radius 1 is 0.288 bits per heavy atom. The van der Waals surface area contributed by atoms with Crippen molar-refractivity contribution in [3.05, 3.63) is 179 Å². The number of carbonyl (C=O) groups is 15. The summed E-state index contributed by atoms with van der Waals surface area (Å²) in [6.07, 6.45) is 1.78. The molecular formula is C90H125N13O21S. The summed E-state index contributed by atoms with van der Waals surface area (Å²) in [6.45, 7) is 4.27. The number of amides is 12. The molecule has 0 radical (unpaired) electrons. The summed E-state index contributed by atoms with van der Waals surface area (Å²) in [7, 11) is 5.32. The number of carboxylic acid groups (broad SMARTS) is 2. The SMILES string of the molecule is COCC(C)N(CC(=O)N(CC(C)=O)CC(=O)O)C(=O)CN(C(=O)CN(CC(=O)O)C(=O)CN(C(=O)CN(C(=O)CN(C(=O)CN(C(=O)CN(C(=O)CN(CCN)C(=O)CN(C(=O)CN(C(=O)CSC)C(C)c1ccccc1)C(C)c1ccccc1)C(C)c1ccccc1)C(C)c1ccccc1)C(C)c1ccccc1)C(C)COC)C(C)COC)C(C)COC. The first-order valence-corrected chi connectivity index (χ1v) is 42.7. The number of methoxy groups -OCH3 is 4. The number of hydrogen-bond acceptors (Lipinski definition) is 21. The Morgan fingerprint density at radius 2 is 0.488 bits per heavy atom. The number of nitrogens with zero attached hydrogens (tertiary/aromatic N) is 12. The van der Waals surface area contributed by atoms with Gasteiger partial charge in [-0.05, 0) is 103 Å². The van der Waals surface area contributed by atoms with E-state index in [0.29, 0.717) is 27.2 Å². The number of benzene rings is 5. The zero-order chi connectivity index (χ0) is 92.7. The van der Waals surface area contributed by atoms with Crippen LogP contribution in [0.4, 0.5) is 0 Å². The third-order valence-corrected chi connectivity index (χ3v) is 22.1. The van der Waals surface area contributed by atoms with Gasteiger partial charge in [0.05, 0.1) is 99.6 Å².